The van der Waals surface area contributed by atoms with Crippen molar-refractivity contribution in [3.63, 3.8) is 0 Å². The lowest BCUT2D eigenvalue weighted by atomic mass is 9.98. The Kier molecular flexibility index (Phi) is 9.41. The minimum Gasteiger partial charge on any atom is -0.462 e. The van der Waals surface area contributed by atoms with E-state index in [1.807, 2.05) is 40.8 Å². The summed E-state index contributed by atoms with van der Waals surface area (Å²) in [7, 11) is -4.40. The van der Waals surface area contributed by atoms with E-state index in [9.17, 15) is 19.3 Å². The van der Waals surface area contributed by atoms with Crippen LogP contribution in [0.15, 0.2) is 53.5 Å². The predicted molar refractivity (Wildman–Crippen MR) is 157 cm³/mol. The van der Waals surface area contributed by atoms with Gasteiger partial charge in [0.15, 0.2) is 11.9 Å². The fourth-order valence-corrected chi connectivity index (χ4v) is 6.21. The summed E-state index contributed by atoms with van der Waals surface area (Å²) in [6.07, 6.45) is -3.94. The molecule has 1 saturated heterocycles. The molecule has 1 aliphatic rings. The Labute approximate surface area is 249 Å². The number of nitrogens with zero attached hydrogens (tertiary/aromatic N) is 2. The van der Waals surface area contributed by atoms with E-state index in [0.717, 1.165) is 16.9 Å². The van der Waals surface area contributed by atoms with Crippen LogP contribution in [0.1, 0.15) is 33.9 Å². The van der Waals surface area contributed by atoms with Crippen LogP contribution in [0.3, 0.4) is 0 Å². The van der Waals surface area contributed by atoms with Gasteiger partial charge in [-0.15, -0.1) is 0 Å². The van der Waals surface area contributed by atoms with Gasteiger partial charge in [-0.2, -0.15) is 10.1 Å². The molecular formula is C26H31FIN4O8P. The van der Waals surface area contributed by atoms with E-state index in [1.165, 1.54) is 13.1 Å². The van der Waals surface area contributed by atoms with Gasteiger partial charge in [-0.3, -0.25) is 13.9 Å². The van der Waals surface area contributed by atoms with Gasteiger partial charge in [0.1, 0.15) is 29.8 Å². The van der Waals surface area contributed by atoms with E-state index < -0.39 is 62.3 Å². The van der Waals surface area contributed by atoms with Gasteiger partial charge in [0, 0.05) is 11.6 Å². The maximum Gasteiger partial charge on any atom is 0.459 e. The first kappa shape index (κ1) is 31.3. The smallest absolute Gasteiger partial charge is 0.459 e. The quantitative estimate of drug-likeness (QED) is 0.160. The average Bonchev–Trinajstić information content (AvgIpc) is 3.13. The average molecular weight is 704 g/mol. The number of halogens is 2. The Morgan fingerprint density at radius 1 is 1.29 bits per heavy atom. The molecule has 12 nitrogen and oxygen atoms in total. The second-order valence-corrected chi connectivity index (χ2v) is 12.8. The minimum atomic E-state index is -4.40. The van der Waals surface area contributed by atoms with E-state index in [0.29, 0.717) is 8.96 Å². The molecule has 1 unspecified atom stereocenters. The summed E-state index contributed by atoms with van der Waals surface area (Å²) in [5, 5.41) is 14.8. The zero-order valence-corrected chi connectivity index (χ0v) is 25.7. The third-order valence-corrected chi connectivity index (χ3v) is 8.80. The number of hydrogen-bond acceptors (Lipinski definition) is 10. The number of benzene rings is 2. The molecule has 4 rings (SSSR count). The normalized spacial score (nSPS) is 24.7. The lowest BCUT2D eigenvalue weighted by molar-refractivity contribution is -0.149. The number of ether oxygens (including phenoxy) is 2. The van der Waals surface area contributed by atoms with Crippen molar-refractivity contribution in [2.24, 2.45) is 0 Å². The number of carbonyl (C=O) groups is 1. The number of nitrogens with two attached hydrogens (primary N) is 1. The molecule has 0 bridgehead atoms. The van der Waals surface area contributed by atoms with E-state index in [2.05, 4.69) is 10.1 Å². The minimum absolute atomic E-state index is 0.0337. The monoisotopic (exact) mass is 704 g/mol. The van der Waals surface area contributed by atoms with E-state index in [-0.39, 0.29) is 11.6 Å². The second-order valence-electron chi connectivity index (χ2n) is 9.99. The van der Waals surface area contributed by atoms with Crippen molar-refractivity contribution in [1.82, 2.24) is 14.6 Å². The molecule has 2 aromatic carbocycles. The largest absolute Gasteiger partial charge is 0.462 e. The Hall–Kier alpha value is -2.62. The van der Waals surface area contributed by atoms with Gasteiger partial charge < -0.3 is 24.8 Å². The van der Waals surface area contributed by atoms with Crippen LogP contribution in [-0.2, 0) is 23.4 Å². The molecule has 41 heavy (non-hydrogen) atoms. The molecule has 0 amide bonds. The van der Waals surface area contributed by atoms with Crippen LogP contribution in [-0.4, -0.2) is 57.3 Å². The Balaban J connectivity index is 1.60. The number of anilines is 1. The molecular weight excluding hydrogens is 673 g/mol. The number of fused-ring (bicyclic) bond motifs is 1. The molecule has 222 valence electrons. The van der Waals surface area contributed by atoms with Gasteiger partial charge in [0.2, 0.25) is 0 Å². The summed E-state index contributed by atoms with van der Waals surface area (Å²) in [4.78, 5) is 28.6. The third-order valence-electron chi connectivity index (χ3n) is 6.34. The fraction of sp³-hybridized carbons (Fsp3) is 0.423. The number of carbonyl (C=O) groups excluding carboxylic acids is 1. The highest BCUT2D eigenvalue weighted by Crippen LogP contribution is 2.48. The van der Waals surface area contributed by atoms with Gasteiger partial charge in [-0.05, 0) is 61.7 Å². The summed E-state index contributed by atoms with van der Waals surface area (Å²) >= 11 is 1.83. The van der Waals surface area contributed by atoms with Crippen molar-refractivity contribution in [3.8, 4) is 5.75 Å². The molecule has 3 aromatic rings. The first-order chi connectivity index (χ1) is 19.2. The highest BCUT2D eigenvalue weighted by atomic mass is 127. The molecule has 15 heteroatoms. The van der Waals surface area contributed by atoms with Crippen molar-refractivity contribution < 1.29 is 37.4 Å². The highest BCUT2D eigenvalue weighted by molar-refractivity contribution is 14.1. The Bertz CT molecular complexity index is 1530. The number of rotatable bonds is 10. The summed E-state index contributed by atoms with van der Waals surface area (Å²) in [5.41, 5.74) is 2.32. The molecule has 1 fully saturated rings. The number of hydrogen-bond donors (Lipinski definition) is 3. The maximum atomic E-state index is 15.8. The lowest BCUT2D eigenvalue weighted by Gasteiger charge is -2.26. The zero-order chi connectivity index (χ0) is 30.1. The van der Waals surface area contributed by atoms with Crippen molar-refractivity contribution in [2.75, 3.05) is 12.3 Å². The van der Waals surface area contributed by atoms with Crippen molar-refractivity contribution >= 4 is 52.9 Å². The number of aliphatic hydroxyl groups is 1. The van der Waals surface area contributed by atoms with Crippen LogP contribution in [0.2, 0.25) is 0 Å². The van der Waals surface area contributed by atoms with Crippen molar-refractivity contribution in [3.05, 3.63) is 62.7 Å². The van der Waals surface area contributed by atoms with Crippen LogP contribution in [0.5, 0.6) is 5.75 Å². The zero-order valence-electron chi connectivity index (χ0n) is 22.7. The van der Waals surface area contributed by atoms with Gasteiger partial charge in [-0.25, -0.2) is 13.8 Å². The van der Waals surface area contributed by atoms with Crippen LogP contribution in [0.25, 0.3) is 10.8 Å². The van der Waals surface area contributed by atoms with Crippen LogP contribution in [0.4, 0.5) is 10.2 Å². The molecule has 0 spiro atoms. The van der Waals surface area contributed by atoms with Crippen LogP contribution in [0, 0.1) is 3.57 Å². The van der Waals surface area contributed by atoms with Gasteiger partial charge in [0.05, 0.1) is 16.3 Å². The molecule has 6 atom stereocenters. The van der Waals surface area contributed by atoms with E-state index in [4.69, 9.17) is 24.3 Å². The van der Waals surface area contributed by atoms with E-state index in [1.54, 1.807) is 38.1 Å². The highest BCUT2D eigenvalue weighted by Gasteiger charge is 2.56. The van der Waals surface area contributed by atoms with Crippen molar-refractivity contribution in [1.29, 1.82) is 0 Å². The number of esters is 1. The summed E-state index contributed by atoms with van der Waals surface area (Å²) in [6.45, 7) is 5.18. The number of nitrogens with one attached hydrogen (secondary N) is 1. The predicted octanol–water partition coefficient (Wildman–Crippen LogP) is 3.70. The molecule has 0 aliphatic carbocycles. The Morgan fingerprint density at radius 2 is 1.98 bits per heavy atom. The topological polar surface area (TPSA) is 164 Å². The SMILES string of the molecule is CC(C)OC(=O)[C@@H](C)N[P@](=O)(OC[C@H]1OC(n2cc(I)c(N)nc2=O)[C@](C)(F)[C@@H]1O)Oc1cccc2ccccc12. The second kappa shape index (κ2) is 12.3. The first-order valence-electron chi connectivity index (χ1n) is 12.7. The van der Waals surface area contributed by atoms with Gasteiger partial charge in [-0.1, -0.05) is 36.4 Å². The molecule has 0 radical (unpaired) electrons. The number of nitrogen functional groups attached to an aromatic ring is 1. The standard InChI is InChI=1S/C26H31FIN4O8P/c1-14(2)38-23(34)15(3)31-41(36,40-19-11-7-9-16-8-5-6-10-17(16)19)37-13-20-21(33)26(4,27)24(39-20)32-12-18(28)22(29)30-25(32)35/h5-12,14-15,20-21,24,33H,13H2,1-4H3,(H,31,36)(H2,29,30,35)/t15-,20-,21-,24?,26-,41+/m1/s1. The first-order valence-corrected chi connectivity index (χ1v) is 15.3. The summed E-state index contributed by atoms with van der Waals surface area (Å²) < 4.78 is 53.5. The van der Waals surface area contributed by atoms with Crippen LogP contribution < -0.4 is 21.0 Å². The van der Waals surface area contributed by atoms with Crippen LogP contribution >= 0.6 is 30.3 Å². The number of aromatic nitrogens is 2. The summed E-state index contributed by atoms with van der Waals surface area (Å²) in [6, 6.07) is 11.2. The molecule has 0 saturated carbocycles. The number of aliphatic hydroxyl groups excluding tert-OH is 1. The molecule has 2 heterocycles. The Morgan fingerprint density at radius 3 is 2.68 bits per heavy atom. The fourth-order valence-electron chi connectivity index (χ4n) is 4.27. The van der Waals surface area contributed by atoms with E-state index >= 15 is 4.39 Å². The number of alkyl halides is 1. The maximum absolute atomic E-state index is 15.8. The third kappa shape index (κ3) is 6.89. The molecule has 4 N–H and O–H groups in total. The molecule has 1 aromatic heterocycles. The summed E-state index contributed by atoms with van der Waals surface area (Å²) in [5.74, 6) is -0.546. The van der Waals surface area contributed by atoms with Crippen molar-refractivity contribution in [2.45, 2.75) is 63.9 Å². The van der Waals surface area contributed by atoms with Gasteiger partial charge >= 0.3 is 19.4 Å². The van der Waals surface area contributed by atoms with Gasteiger partial charge in [0.25, 0.3) is 0 Å². The lowest BCUT2D eigenvalue weighted by Crippen LogP contribution is -2.43. The molecule has 1 aliphatic heterocycles.